The van der Waals surface area contributed by atoms with E-state index < -0.39 is 0 Å². The Bertz CT molecular complexity index is 1080. The lowest BCUT2D eigenvalue weighted by Crippen LogP contribution is -2.34. The lowest BCUT2D eigenvalue weighted by atomic mass is 10.0. The smallest absolute Gasteiger partial charge is 0.273 e. The van der Waals surface area contributed by atoms with Gasteiger partial charge in [0.05, 0.1) is 0 Å². The second-order valence-electron chi connectivity index (χ2n) is 7.08. The Kier molecular flexibility index (Phi) is 5.32. The predicted octanol–water partition coefficient (Wildman–Crippen LogP) is 3.38. The van der Waals surface area contributed by atoms with Gasteiger partial charge in [-0.25, -0.2) is 4.98 Å². The number of aromatic nitrogens is 3. The van der Waals surface area contributed by atoms with Crippen molar-refractivity contribution in [3.8, 4) is 0 Å². The molecule has 28 heavy (non-hydrogen) atoms. The summed E-state index contributed by atoms with van der Waals surface area (Å²) >= 11 is 7.28. The fraction of sp³-hybridized carbons (Fsp3) is 0.368. The zero-order valence-electron chi connectivity index (χ0n) is 15.4. The van der Waals surface area contributed by atoms with E-state index in [1.165, 1.54) is 28.7 Å². The molecular weight excluding hydrogens is 398 g/mol. The van der Waals surface area contributed by atoms with E-state index in [9.17, 15) is 9.59 Å². The van der Waals surface area contributed by atoms with Crippen LogP contribution in [0.5, 0.6) is 0 Å². The summed E-state index contributed by atoms with van der Waals surface area (Å²) in [6.07, 6.45) is 3.72. The fourth-order valence-electron chi connectivity index (χ4n) is 3.37. The topological polar surface area (TPSA) is 80.1 Å². The molecule has 146 valence electrons. The fourth-order valence-corrected chi connectivity index (χ4v) is 4.56. The predicted molar refractivity (Wildman–Crippen MR) is 112 cm³/mol. The van der Waals surface area contributed by atoms with Crippen molar-refractivity contribution in [1.29, 1.82) is 0 Å². The number of benzene rings is 1. The van der Waals surface area contributed by atoms with Crippen LogP contribution >= 0.6 is 22.9 Å². The van der Waals surface area contributed by atoms with E-state index in [4.69, 9.17) is 11.6 Å². The number of halogens is 1. The van der Waals surface area contributed by atoms with E-state index in [0.29, 0.717) is 27.0 Å². The molecule has 1 aromatic carbocycles. The van der Waals surface area contributed by atoms with Gasteiger partial charge in [0.2, 0.25) is 5.91 Å². The summed E-state index contributed by atoms with van der Waals surface area (Å²) in [5.41, 5.74) is 0.772. The number of carbonyl (C=O) groups is 1. The zero-order chi connectivity index (χ0) is 19.7. The van der Waals surface area contributed by atoms with Gasteiger partial charge in [0, 0.05) is 23.8 Å². The van der Waals surface area contributed by atoms with Gasteiger partial charge in [-0.05, 0) is 37.0 Å². The number of amides is 1. The van der Waals surface area contributed by atoms with Gasteiger partial charge < -0.3 is 10.2 Å². The van der Waals surface area contributed by atoms with Gasteiger partial charge in [-0.2, -0.15) is 4.98 Å². The molecule has 1 N–H and O–H groups in total. The van der Waals surface area contributed by atoms with Crippen molar-refractivity contribution < 1.29 is 4.79 Å². The third-order valence-corrected chi connectivity index (χ3v) is 6.05. The number of hydrogen-bond acceptors (Lipinski definition) is 6. The average molecular weight is 418 g/mol. The molecule has 0 spiro atoms. The Balaban J connectivity index is 1.54. The molecule has 1 fully saturated rings. The maximum absolute atomic E-state index is 12.8. The number of piperidine rings is 1. The summed E-state index contributed by atoms with van der Waals surface area (Å²) in [6, 6.07) is 6.86. The molecule has 9 heteroatoms. The van der Waals surface area contributed by atoms with Crippen molar-refractivity contribution in [3.05, 3.63) is 46.0 Å². The SMILES string of the molecule is C[C@@H]1CCCN(c2nc3ncn(CC(=O)Nc4cccc(Cl)c4)c(=O)c3s2)C1. The van der Waals surface area contributed by atoms with Crippen LogP contribution in [0.1, 0.15) is 19.8 Å². The number of fused-ring (bicyclic) bond motifs is 1. The first-order chi connectivity index (χ1) is 13.5. The molecule has 3 aromatic rings. The maximum atomic E-state index is 12.8. The van der Waals surface area contributed by atoms with Gasteiger partial charge in [-0.1, -0.05) is 35.9 Å². The Morgan fingerprint density at radius 2 is 2.29 bits per heavy atom. The molecule has 7 nitrogen and oxygen atoms in total. The van der Waals surface area contributed by atoms with Gasteiger partial charge in [0.15, 0.2) is 10.8 Å². The molecule has 0 unspecified atom stereocenters. The highest BCUT2D eigenvalue weighted by atomic mass is 35.5. The minimum absolute atomic E-state index is 0.123. The molecule has 0 aliphatic carbocycles. The molecule has 0 radical (unpaired) electrons. The van der Waals surface area contributed by atoms with Crippen LogP contribution in [0.3, 0.4) is 0 Å². The third kappa shape index (κ3) is 4.02. The first kappa shape index (κ1) is 18.9. The molecule has 1 aliphatic heterocycles. The minimum atomic E-state index is -0.319. The number of nitrogens with one attached hydrogen (secondary N) is 1. The number of carbonyl (C=O) groups excluding carboxylic acids is 1. The van der Waals surface area contributed by atoms with Gasteiger partial charge >= 0.3 is 0 Å². The van der Waals surface area contributed by atoms with Crippen molar-refractivity contribution in [3.63, 3.8) is 0 Å². The maximum Gasteiger partial charge on any atom is 0.273 e. The highest BCUT2D eigenvalue weighted by Crippen LogP contribution is 2.29. The highest BCUT2D eigenvalue weighted by molar-refractivity contribution is 7.22. The second-order valence-corrected chi connectivity index (χ2v) is 8.49. The van der Waals surface area contributed by atoms with E-state index >= 15 is 0 Å². The quantitative estimate of drug-likeness (QED) is 0.703. The normalized spacial score (nSPS) is 17.1. The van der Waals surface area contributed by atoms with Crippen LogP contribution in [-0.4, -0.2) is 33.5 Å². The lowest BCUT2D eigenvalue weighted by Gasteiger charge is -2.30. The van der Waals surface area contributed by atoms with Gasteiger partial charge in [-0.3, -0.25) is 14.2 Å². The summed E-state index contributed by atoms with van der Waals surface area (Å²) in [4.78, 5) is 36.2. The highest BCUT2D eigenvalue weighted by Gasteiger charge is 2.21. The zero-order valence-corrected chi connectivity index (χ0v) is 17.0. The minimum Gasteiger partial charge on any atom is -0.348 e. The summed E-state index contributed by atoms with van der Waals surface area (Å²) < 4.78 is 1.79. The van der Waals surface area contributed by atoms with Gasteiger partial charge in [0.25, 0.3) is 5.56 Å². The Morgan fingerprint density at radius 3 is 3.07 bits per heavy atom. The van der Waals surface area contributed by atoms with E-state index in [1.54, 1.807) is 24.3 Å². The first-order valence-corrected chi connectivity index (χ1v) is 10.4. The van der Waals surface area contributed by atoms with Crippen LogP contribution in [0.2, 0.25) is 5.02 Å². The largest absolute Gasteiger partial charge is 0.348 e. The van der Waals surface area contributed by atoms with Gasteiger partial charge in [-0.15, -0.1) is 0 Å². The van der Waals surface area contributed by atoms with Crippen LogP contribution in [0.4, 0.5) is 10.8 Å². The van der Waals surface area contributed by atoms with E-state index in [-0.39, 0.29) is 18.0 Å². The Morgan fingerprint density at radius 1 is 1.43 bits per heavy atom. The average Bonchev–Trinajstić information content (AvgIpc) is 3.09. The summed E-state index contributed by atoms with van der Waals surface area (Å²) in [5.74, 6) is 0.292. The molecule has 4 rings (SSSR count). The second kappa shape index (κ2) is 7.89. The van der Waals surface area contributed by atoms with Crippen LogP contribution in [0.25, 0.3) is 10.3 Å². The number of anilines is 2. The lowest BCUT2D eigenvalue weighted by molar-refractivity contribution is -0.116. The molecule has 1 atom stereocenters. The van der Waals surface area contributed by atoms with Crippen LogP contribution < -0.4 is 15.8 Å². The number of nitrogens with zero attached hydrogens (tertiary/aromatic N) is 4. The van der Waals surface area contributed by atoms with E-state index in [2.05, 4.69) is 27.1 Å². The van der Waals surface area contributed by atoms with Gasteiger partial charge in [0.1, 0.15) is 17.6 Å². The molecule has 1 saturated heterocycles. The van der Waals surface area contributed by atoms with Crippen molar-refractivity contribution in [2.75, 3.05) is 23.3 Å². The van der Waals surface area contributed by atoms with E-state index in [1.807, 2.05) is 0 Å². The molecular formula is C19H20ClN5O2S. The number of thiazole rings is 1. The first-order valence-electron chi connectivity index (χ1n) is 9.16. The summed E-state index contributed by atoms with van der Waals surface area (Å²) in [5, 5.41) is 4.09. The number of hydrogen-bond donors (Lipinski definition) is 1. The van der Waals surface area contributed by atoms with Crippen molar-refractivity contribution in [2.45, 2.75) is 26.3 Å². The molecule has 1 amide bonds. The third-order valence-electron chi connectivity index (χ3n) is 4.72. The molecule has 1 aliphatic rings. The molecule has 0 saturated carbocycles. The van der Waals surface area contributed by atoms with Crippen molar-refractivity contribution in [1.82, 2.24) is 14.5 Å². The Hall–Kier alpha value is -2.45. The monoisotopic (exact) mass is 417 g/mol. The molecule has 0 bridgehead atoms. The van der Waals surface area contributed by atoms with Crippen molar-refractivity contribution >= 4 is 50.0 Å². The number of rotatable bonds is 4. The van der Waals surface area contributed by atoms with Crippen LogP contribution in [0, 0.1) is 5.92 Å². The van der Waals surface area contributed by atoms with E-state index in [0.717, 1.165) is 24.6 Å². The molecule has 3 heterocycles. The standard InChI is InChI=1S/C19H20ClN5O2S/c1-12-4-3-7-24(9-12)19-23-17-16(28-19)18(27)25(11-21-17)10-15(26)22-14-6-2-5-13(20)8-14/h2,5-6,8,11-12H,3-4,7,9-10H2,1H3,(H,22,26)/t12-/m1/s1. The van der Waals surface area contributed by atoms with Crippen molar-refractivity contribution in [2.24, 2.45) is 5.92 Å². The summed E-state index contributed by atoms with van der Waals surface area (Å²) in [7, 11) is 0. The summed E-state index contributed by atoms with van der Waals surface area (Å²) in [6.45, 7) is 3.99. The molecule has 2 aromatic heterocycles. The Labute approximate surface area is 171 Å². The van der Waals surface area contributed by atoms with Crippen LogP contribution in [-0.2, 0) is 11.3 Å². The van der Waals surface area contributed by atoms with Crippen LogP contribution in [0.15, 0.2) is 35.4 Å².